The molecule has 0 aliphatic carbocycles. The molecule has 12 heteroatoms. The number of sulfonamides is 1. The molecule has 202 valence electrons. The van der Waals surface area contributed by atoms with E-state index in [1.165, 1.54) is 74.5 Å². The Balaban J connectivity index is 2.06. The Labute approximate surface area is 237 Å². The second kappa shape index (κ2) is 12.7. The molecule has 3 rings (SSSR count). The van der Waals surface area contributed by atoms with Gasteiger partial charge in [-0.3, -0.25) is 13.9 Å². The number of hydrogen-bond donors (Lipinski definition) is 1. The van der Waals surface area contributed by atoms with E-state index in [4.69, 9.17) is 39.5 Å². The maximum Gasteiger partial charge on any atom is 0.264 e. The topological polar surface area (TPSA) is 96.0 Å². The SMILES string of the molecule is CNC(=O)C(C)N(Cc1c(Cl)cccc1Cl)C(=O)CN(c1ccc(Cl)cc1)S(=O)(=O)c1ccc(OC)cc1. The number of benzene rings is 3. The highest BCUT2D eigenvalue weighted by molar-refractivity contribution is 7.92. The van der Waals surface area contributed by atoms with Crippen LogP contribution in [0.4, 0.5) is 5.69 Å². The molecular weight excluding hydrogens is 573 g/mol. The van der Waals surface area contributed by atoms with Crippen LogP contribution in [0, 0.1) is 0 Å². The zero-order chi connectivity index (χ0) is 28.0. The number of hydrogen-bond acceptors (Lipinski definition) is 5. The minimum absolute atomic E-state index is 0.0545. The number of methoxy groups -OCH3 is 1. The summed E-state index contributed by atoms with van der Waals surface area (Å²) in [6.45, 7) is 0.800. The molecule has 3 aromatic carbocycles. The van der Waals surface area contributed by atoms with Crippen molar-refractivity contribution in [2.75, 3.05) is 25.0 Å². The van der Waals surface area contributed by atoms with Crippen molar-refractivity contribution in [3.63, 3.8) is 0 Å². The Bertz CT molecular complexity index is 1380. The van der Waals surface area contributed by atoms with Crippen molar-refractivity contribution in [3.05, 3.63) is 87.4 Å². The number of likely N-dealkylation sites (N-methyl/N-ethyl adjacent to an activating group) is 1. The largest absolute Gasteiger partial charge is 0.497 e. The van der Waals surface area contributed by atoms with Crippen LogP contribution in [0.2, 0.25) is 15.1 Å². The third-order valence-corrected chi connectivity index (χ3v) is 8.59. The van der Waals surface area contributed by atoms with E-state index in [0.29, 0.717) is 26.4 Å². The van der Waals surface area contributed by atoms with Gasteiger partial charge in [-0.15, -0.1) is 0 Å². The monoisotopic (exact) mass is 597 g/mol. The van der Waals surface area contributed by atoms with E-state index in [0.717, 1.165) is 4.31 Å². The second-order valence-corrected chi connectivity index (χ2v) is 11.3. The molecule has 8 nitrogen and oxygen atoms in total. The van der Waals surface area contributed by atoms with Gasteiger partial charge in [-0.2, -0.15) is 0 Å². The summed E-state index contributed by atoms with van der Waals surface area (Å²) in [4.78, 5) is 27.5. The van der Waals surface area contributed by atoms with Crippen molar-refractivity contribution in [2.45, 2.75) is 24.4 Å². The second-order valence-electron chi connectivity index (χ2n) is 8.18. The van der Waals surface area contributed by atoms with E-state index in [1.807, 2.05) is 0 Å². The van der Waals surface area contributed by atoms with Crippen molar-refractivity contribution >= 4 is 62.3 Å². The van der Waals surface area contributed by atoms with Crippen LogP contribution in [0.5, 0.6) is 5.75 Å². The quantitative estimate of drug-likeness (QED) is 0.354. The van der Waals surface area contributed by atoms with E-state index in [2.05, 4.69) is 5.32 Å². The number of anilines is 1. The number of rotatable bonds is 10. The van der Waals surface area contributed by atoms with Crippen LogP contribution in [0.1, 0.15) is 12.5 Å². The lowest BCUT2D eigenvalue weighted by Crippen LogP contribution is -2.50. The summed E-state index contributed by atoms with van der Waals surface area (Å²) in [6.07, 6.45) is 0. The molecule has 2 amide bonds. The van der Waals surface area contributed by atoms with Crippen LogP contribution in [0.3, 0.4) is 0 Å². The first-order valence-electron chi connectivity index (χ1n) is 11.4. The van der Waals surface area contributed by atoms with E-state index >= 15 is 0 Å². The van der Waals surface area contributed by atoms with Gasteiger partial charge in [0.05, 0.1) is 17.7 Å². The van der Waals surface area contributed by atoms with Crippen molar-refractivity contribution < 1.29 is 22.7 Å². The van der Waals surface area contributed by atoms with Crippen LogP contribution in [-0.4, -0.2) is 51.9 Å². The fourth-order valence-electron chi connectivity index (χ4n) is 3.66. The van der Waals surface area contributed by atoms with Crippen molar-refractivity contribution in [3.8, 4) is 5.75 Å². The Kier molecular flexibility index (Phi) is 9.89. The predicted molar refractivity (Wildman–Crippen MR) is 150 cm³/mol. The van der Waals surface area contributed by atoms with E-state index in [9.17, 15) is 18.0 Å². The molecule has 1 N–H and O–H groups in total. The van der Waals surface area contributed by atoms with Crippen LogP contribution >= 0.6 is 34.8 Å². The highest BCUT2D eigenvalue weighted by atomic mass is 35.5. The van der Waals surface area contributed by atoms with Crippen LogP contribution in [0.25, 0.3) is 0 Å². The standard InChI is InChI=1S/C26H26Cl3N3O5S/c1-17(26(34)30-2)31(15-22-23(28)5-4-6-24(22)29)25(33)16-32(19-9-7-18(27)8-10-19)38(35,36)21-13-11-20(37-3)12-14-21/h4-14,17H,15-16H2,1-3H3,(H,30,34). The molecule has 1 unspecified atom stereocenters. The summed E-state index contributed by atoms with van der Waals surface area (Å²) in [5, 5.41) is 3.52. The highest BCUT2D eigenvalue weighted by Gasteiger charge is 2.33. The van der Waals surface area contributed by atoms with Crippen LogP contribution in [0.15, 0.2) is 71.6 Å². The lowest BCUT2D eigenvalue weighted by atomic mass is 10.1. The maximum absolute atomic E-state index is 13.8. The van der Waals surface area contributed by atoms with Crippen molar-refractivity contribution in [1.82, 2.24) is 10.2 Å². The fourth-order valence-corrected chi connectivity index (χ4v) is 5.71. The number of carbonyl (C=O) groups excluding carboxylic acids is 2. The van der Waals surface area contributed by atoms with Crippen molar-refractivity contribution in [1.29, 1.82) is 0 Å². The number of carbonyl (C=O) groups is 2. The molecule has 0 aliphatic heterocycles. The number of amides is 2. The average Bonchev–Trinajstić information content (AvgIpc) is 2.91. The van der Waals surface area contributed by atoms with Gasteiger partial charge >= 0.3 is 0 Å². The third kappa shape index (κ3) is 6.71. The molecular formula is C26H26Cl3N3O5S. The minimum Gasteiger partial charge on any atom is -0.497 e. The van der Waals surface area contributed by atoms with E-state index in [-0.39, 0.29) is 17.1 Å². The number of ether oxygens (including phenoxy) is 1. The fraction of sp³-hybridized carbons (Fsp3) is 0.231. The molecule has 3 aromatic rings. The van der Waals surface area contributed by atoms with Crippen molar-refractivity contribution in [2.24, 2.45) is 0 Å². The Morgan fingerprint density at radius 2 is 1.53 bits per heavy atom. The molecule has 0 aliphatic rings. The van der Waals surface area contributed by atoms with Crippen LogP contribution < -0.4 is 14.4 Å². The number of nitrogens with zero attached hydrogens (tertiary/aromatic N) is 2. The van der Waals surface area contributed by atoms with Gasteiger partial charge in [0, 0.05) is 34.2 Å². The molecule has 0 saturated heterocycles. The highest BCUT2D eigenvalue weighted by Crippen LogP contribution is 2.29. The Hall–Kier alpha value is -2.98. The summed E-state index contributed by atoms with van der Waals surface area (Å²) >= 11 is 18.7. The lowest BCUT2D eigenvalue weighted by Gasteiger charge is -2.32. The zero-order valence-electron chi connectivity index (χ0n) is 20.8. The van der Waals surface area contributed by atoms with E-state index in [1.54, 1.807) is 18.2 Å². The van der Waals surface area contributed by atoms with Gasteiger partial charge in [0.2, 0.25) is 11.8 Å². The molecule has 38 heavy (non-hydrogen) atoms. The Morgan fingerprint density at radius 3 is 2.05 bits per heavy atom. The average molecular weight is 599 g/mol. The summed E-state index contributed by atoms with van der Waals surface area (Å²) in [7, 11) is -1.32. The summed E-state index contributed by atoms with van der Waals surface area (Å²) in [5.74, 6) is -0.623. The van der Waals surface area contributed by atoms with Gasteiger partial charge in [-0.1, -0.05) is 40.9 Å². The predicted octanol–water partition coefficient (Wildman–Crippen LogP) is 5.01. The molecule has 0 heterocycles. The van der Waals surface area contributed by atoms with Gasteiger partial charge < -0.3 is 15.0 Å². The summed E-state index contributed by atoms with van der Waals surface area (Å²) in [5.41, 5.74) is 0.637. The third-order valence-electron chi connectivity index (χ3n) is 5.84. The molecule has 0 fully saturated rings. The normalized spacial score (nSPS) is 11.9. The summed E-state index contributed by atoms with van der Waals surface area (Å²) < 4.78 is 33.6. The van der Waals surface area contributed by atoms with Gasteiger partial charge in [0.25, 0.3) is 10.0 Å². The van der Waals surface area contributed by atoms with Gasteiger partial charge in [-0.25, -0.2) is 8.42 Å². The molecule has 0 spiro atoms. The first-order chi connectivity index (χ1) is 18.0. The van der Waals surface area contributed by atoms with E-state index < -0.39 is 34.4 Å². The molecule has 0 bridgehead atoms. The van der Waals surface area contributed by atoms with Crippen LogP contribution in [-0.2, 0) is 26.2 Å². The van der Waals surface area contributed by atoms with Gasteiger partial charge in [-0.05, 0) is 67.6 Å². The maximum atomic E-state index is 13.8. The lowest BCUT2D eigenvalue weighted by molar-refractivity contribution is -0.139. The summed E-state index contributed by atoms with van der Waals surface area (Å²) in [6, 6.07) is 15.7. The molecule has 0 radical (unpaired) electrons. The minimum atomic E-state index is -4.23. The molecule has 0 saturated carbocycles. The first-order valence-corrected chi connectivity index (χ1v) is 13.9. The molecule has 1 atom stereocenters. The van der Waals surface area contributed by atoms with Gasteiger partial charge in [0.15, 0.2) is 0 Å². The zero-order valence-corrected chi connectivity index (χ0v) is 23.9. The first kappa shape index (κ1) is 29.6. The Morgan fingerprint density at radius 1 is 0.947 bits per heavy atom. The number of nitrogens with one attached hydrogen (secondary N) is 1. The molecule has 0 aromatic heterocycles. The number of halogens is 3. The van der Waals surface area contributed by atoms with Gasteiger partial charge in [0.1, 0.15) is 18.3 Å². The smallest absolute Gasteiger partial charge is 0.264 e.